The fraction of sp³-hybridized carbons (Fsp3) is 0.188. The Bertz CT molecular complexity index is 1310. The van der Waals surface area contributed by atoms with Crippen LogP contribution in [0.5, 0.6) is 0 Å². The van der Waals surface area contributed by atoms with E-state index in [2.05, 4.69) is 34.5 Å². The molecule has 1 aliphatic rings. The molecular weight excluding hydrogens is 458 g/mol. The summed E-state index contributed by atoms with van der Waals surface area (Å²) in [4.78, 5) is 29.8. The molecule has 0 radical (unpaired) electrons. The number of amides is 2. The topological polar surface area (TPSA) is 52.7 Å². The molecule has 0 aliphatic carbocycles. The number of nitrogens with one attached hydrogen (secondary N) is 1. The Morgan fingerprint density at radius 2 is 1.03 bits per heavy atom. The largest absolute Gasteiger partial charge is 0.351 e. The Kier molecular flexibility index (Phi) is 7.72. The molecule has 4 aromatic carbocycles. The second-order valence-corrected chi connectivity index (χ2v) is 9.28. The Labute approximate surface area is 218 Å². The van der Waals surface area contributed by atoms with E-state index in [9.17, 15) is 9.59 Å². The summed E-state index contributed by atoms with van der Waals surface area (Å²) in [6.45, 7) is 4.32. The van der Waals surface area contributed by atoms with Crippen molar-refractivity contribution in [3.05, 3.63) is 120 Å². The van der Waals surface area contributed by atoms with Gasteiger partial charge in [-0.2, -0.15) is 0 Å². The van der Waals surface area contributed by atoms with E-state index in [1.54, 1.807) is 0 Å². The second kappa shape index (κ2) is 11.7. The molecule has 1 N–H and O–H groups in total. The van der Waals surface area contributed by atoms with Gasteiger partial charge in [0.15, 0.2) is 0 Å². The van der Waals surface area contributed by atoms with Crippen LogP contribution in [0.1, 0.15) is 20.7 Å². The van der Waals surface area contributed by atoms with Crippen molar-refractivity contribution in [2.75, 3.05) is 39.3 Å². The van der Waals surface area contributed by atoms with E-state index in [1.807, 2.05) is 89.8 Å². The van der Waals surface area contributed by atoms with Crippen LogP contribution < -0.4 is 5.32 Å². The first kappa shape index (κ1) is 24.5. The van der Waals surface area contributed by atoms with Gasteiger partial charge in [-0.25, -0.2) is 0 Å². The Morgan fingerprint density at radius 1 is 0.568 bits per heavy atom. The number of hydrogen-bond donors (Lipinski definition) is 1. The highest BCUT2D eigenvalue weighted by atomic mass is 16.2. The molecule has 2 amide bonds. The SMILES string of the molecule is O=C(NCCN1CCN(C(=O)c2ccc(-c3ccccc3)cc2)CC1)c1ccc(-c2ccccc2)cc1. The van der Waals surface area contributed by atoms with Gasteiger partial charge in [0.1, 0.15) is 0 Å². The third-order valence-corrected chi connectivity index (χ3v) is 6.87. The van der Waals surface area contributed by atoms with Crippen molar-refractivity contribution in [3.63, 3.8) is 0 Å². The van der Waals surface area contributed by atoms with Gasteiger partial charge in [0, 0.05) is 50.4 Å². The van der Waals surface area contributed by atoms with Crippen molar-refractivity contribution in [2.24, 2.45) is 0 Å². The summed E-state index contributed by atoms with van der Waals surface area (Å²) in [5.41, 5.74) is 5.86. The lowest BCUT2D eigenvalue weighted by Crippen LogP contribution is -2.50. The highest BCUT2D eigenvalue weighted by Gasteiger charge is 2.22. The van der Waals surface area contributed by atoms with Crippen molar-refractivity contribution in [1.29, 1.82) is 0 Å². The van der Waals surface area contributed by atoms with Gasteiger partial charge in [0.2, 0.25) is 0 Å². The number of piperazine rings is 1. The maximum atomic E-state index is 13.0. The van der Waals surface area contributed by atoms with E-state index in [1.165, 1.54) is 0 Å². The van der Waals surface area contributed by atoms with Gasteiger partial charge in [0.25, 0.3) is 11.8 Å². The molecule has 5 nitrogen and oxygen atoms in total. The van der Waals surface area contributed by atoms with E-state index < -0.39 is 0 Å². The van der Waals surface area contributed by atoms with Crippen LogP contribution in [0.25, 0.3) is 22.3 Å². The van der Waals surface area contributed by atoms with E-state index in [4.69, 9.17) is 0 Å². The summed E-state index contributed by atoms with van der Waals surface area (Å²) >= 11 is 0. The third-order valence-electron chi connectivity index (χ3n) is 6.87. The van der Waals surface area contributed by atoms with E-state index in [0.29, 0.717) is 25.2 Å². The molecule has 4 aromatic rings. The molecule has 1 aliphatic heterocycles. The smallest absolute Gasteiger partial charge is 0.253 e. The van der Waals surface area contributed by atoms with Crippen LogP contribution in [-0.4, -0.2) is 60.9 Å². The number of hydrogen-bond acceptors (Lipinski definition) is 3. The summed E-state index contributed by atoms with van der Waals surface area (Å²) in [6, 6.07) is 35.9. The van der Waals surface area contributed by atoms with Crippen molar-refractivity contribution >= 4 is 11.8 Å². The van der Waals surface area contributed by atoms with Gasteiger partial charge in [0.05, 0.1) is 0 Å². The predicted molar refractivity (Wildman–Crippen MR) is 148 cm³/mol. The minimum absolute atomic E-state index is 0.0626. The summed E-state index contributed by atoms with van der Waals surface area (Å²) in [7, 11) is 0. The molecule has 1 saturated heterocycles. The minimum Gasteiger partial charge on any atom is -0.351 e. The fourth-order valence-electron chi connectivity index (χ4n) is 4.67. The minimum atomic E-state index is -0.0626. The van der Waals surface area contributed by atoms with Crippen LogP contribution >= 0.6 is 0 Å². The van der Waals surface area contributed by atoms with Gasteiger partial charge in [-0.3, -0.25) is 14.5 Å². The van der Waals surface area contributed by atoms with Crippen LogP contribution in [0, 0.1) is 0 Å². The van der Waals surface area contributed by atoms with Gasteiger partial charge in [-0.05, 0) is 46.5 Å². The lowest BCUT2D eigenvalue weighted by Gasteiger charge is -2.34. The fourth-order valence-corrected chi connectivity index (χ4v) is 4.67. The number of benzene rings is 4. The highest BCUT2D eigenvalue weighted by Crippen LogP contribution is 2.21. The number of carbonyl (C=O) groups excluding carboxylic acids is 2. The van der Waals surface area contributed by atoms with Crippen molar-refractivity contribution in [2.45, 2.75) is 0 Å². The molecule has 5 heteroatoms. The molecule has 0 atom stereocenters. The van der Waals surface area contributed by atoms with E-state index in [-0.39, 0.29) is 11.8 Å². The number of carbonyl (C=O) groups is 2. The van der Waals surface area contributed by atoms with Crippen LogP contribution in [0.4, 0.5) is 0 Å². The zero-order valence-electron chi connectivity index (χ0n) is 20.8. The Hall–Kier alpha value is -4.22. The first-order valence-electron chi connectivity index (χ1n) is 12.8. The lowest BCUT2D eigenvalue weighted by molar-refractivity contribution is 0.0638. The molecule has 0 saturated carbocycles. The normalized spacial score (nSPS) is 13.8. The van der Waals surface area contributed by atoms with E-state index >= 15 is 0 Å². The van der Waals surface area contributed by atoms with Crippen LogP contribution in [0.3, 0.4) is 0 Å². The van der Waals surface area contributed by atoms with E-state index in [0.717, 1.165) is 47.5 Å². The summed E-state index contributed by atoms with van der Waals surface area (Å²) in [5.74, 6) is 0.0129. The van der Waals surface area contributed by atoms with Gasteiger partial charge in [-0.15, -0.1) is 0 Å². The highest BCUT2D eigenvalue weighted by molar-refractivity contribution is 5.95. The first-order chi connectivity index (χ1) is 18.2. The lowest BCUT2D eigenvalue weighted by atomic mass is 10.0. The Balaban J connectivity index is 1.05. The molecule has 37 heavy (non-hydrogen) atoms. The van der Waals surface area contributed by atoms with Gasteiger partial charge in [-0.1, -0.05) is 84.9 Å². The average molecular weight is 490 g/mol. The molecular formula is C32H31N3O2. The van der Waals surface area contributed by atoms with Crippen LogP contribution in [0.2, 0.25) is 0 Å². The Morgan fingerprint density at radius 3 is 1.54 bits per heavy atom. The van der Waals surface area contributed by atoms with Crippen molar-refractivity contribution < 1.29 is 9.59 Å². The number of nitrogens with zero attached hydrogens (tertiary/aromatic N) is 2. The molecule has 1 heterocycles. The van der Waals surface area contributed by atoms with Crippen molar-refractivity contribution in [1.82, 2.24) is 15.1 Å². The molecule has 0 aromatic heterocycles. The molecule has 5 rings (SSSR count). The summed E-state index contributed by atoms with van der Waals surface area (Å²) in [6.07, 6.45) is 0. The zero-order chi connectivity index (χ0) is 25.5. The average Bonchev–Trinajstić information content (AvgIpc) is 2.98. The standard InChI is InChI=1S/C32H31N3O2/c36-31(29-15-11-27(12-16-29)25-7-3-1-4-8-25)33-19-20-34-21-23-35(24-22-34)32(37)30-17-13-28(14-18-30)26-9-5-2-6-10-26/h1-18H,19-24H2,(H,33,36). The van der Waals surface area contributed by atoms with Gasteiger partial charge < -0.3 is 10.2 Å². The van der Waals surface area contributed by atoms with Crippen molar-refractivity contribution in [3.8, 4) is 22.3 Å². The third kappa shape index (κ3) is 6.13. The summed E-state index contributed by atoms with van der Waals surface area (Å²) < 4.78 is 0. The monoisotopic (exact) mass is 489 g/mol. The molecule has 1 fully saturated rings. The second-order valence-electron chi connectivity index (χ2n) is 9.28. The maximum absolute atomic E-state index is 13.0. The predicted octanol–water partition coefficient (Wildman–Crippen LogP) is 5.21. The molecule has 0 bridgehead atoms. The zero-order valence-corrected chi connectivity index (χ0v) is 20.8. The quantitative estimate of drug-likeness (QED) is 0.388. The van der Waals surface area contributed by atoms with Crippen LogP contribution in [-0.2, 0) is 0 Å². The summed E-state index contributed by atoms with van der Waals surface area (Å²) in [5, 5.41) is 3.02. The first-order valence-corrected chi connectivity index (χ1v) is 12.8. The number of rotatable bonds is 7. The maximum Gasteiger partial charge on any atom is 0.253 e. The molecule has 0 spiro atoms. The molecule has 0 unspecified atom stereocenters. The molecule has 186 valence electrons. The van der Waals surface area contributed by atoms with Crippen LogP contribution in [0.15, 0.2) is 109 Å². The van der Waals surface area contributed by atoms with Gasteiger partial charge >= 0.3 is 0 Å².